The molecule has 2 rings (SSSR count). The number of carbonyl (C=O) groups is 3. The molecule has 0 spiro atoms. The molecule has 0 aliphatic heterocycles. The largest absolute Gasteiger partial charge is 0.465 e. The normalized spacial score (nSPS) is 13.5. The van der Waals surface area contributed by atoms with Crippen LogP contribution in [0.2, 0.25) is 0 Å². The van der Waals surface area contributed by atoms with Crippen LogP contribution >= 0.6 is 0 Å². The first-order chi connectivity index (χ1) is 11.0. The van der Waals surface area contributed by atoms with Crippen molar-refractivity contribution < 1.29 is 19.1 Å². The van der Waals surface area contributed by atoms with E-state index in [1.165, 1.54) is 7.11 Å². The molecule has 0 heterocycles. The number of nitrogens with zero attached hydrogens (tertiary/aromatic N) is 1. The van der Waals surface area contributed by atoms with Gasteiger partial charge in [-0.3, -0.25) is 14.5 Å². The molecule has 2 amide bonds. The maximum Gasteiger partial charge on any atom is 0.339 e. The molecule has 1 aromatic carbocycles. The Bertz CT molecular complexity index is 599. The number of nitrogens with one attached hydrogen (secondary N) is 2. The quantitative estimate of drug-likeness (QED) is 0.720. The van der Waals surface area contributed by atoms with Crippen molar-refractivity contribution in [2.24, 2.45) is 0 Å². The van der Waals surface area contributed by atoms with Crippen molar-refractivity contribution in [3.05, 3.63) is 29.8 Å². The van der Waals surface area contributed by atoms with E-state index in [1.807, 2.05) is 0 Å². The van der Waals surface area contributed by atoms with Crippen LogP contribution in [0.3, 0.4) is 0 Å². The number of methoxy groups -OCH3 is 1. The van der Waals surface area contributed by atoms with Crippen LogP contribution < -0.4 is 10.6 Å². The summed E-state index contributed by atoms with van der Waals surface area (Å²) in [7, 11) is 2.98. The van der Waals surface area contributed by atoms with Gasteiger partial charge < -0.3 is 15.4 Å². The van der Waals surface area contributed by atoms with E-state index in [0.29, 0.717) is 11.7 Å². The number of anilines is 1. The van der Waals surface area contributed by atoms with E-state index in [4.69, 9.17) is 0 Å². The lowest BCUT2D eigenvalue weighted by molar-refractivity contribution is -0.123. The van der Waals surface area contributed by atoms with Crippen LogP contribution in [0.4, 0.5) is 5.69 Å². The van der Waals surface area contributed by atoms with Crippen molar-refractivity contribution in [2.75, 3.05) is 32.6 Å². The molecule has 1 saturated carbocycles. The molecular weight excluding hydrogens is 298 g/mol. The number of esters is 1. The molecule has 7 heteroatoms. The summed E-state index contributed by atoms with van der Waals surface area (Å²) in [6, 6.07) is 6.92. The smallest absolute Gasteiger partial charge is 0.339 e. The van der Waals surface area contributed by atoms with Crippen LogP contribution in [0.15, 0.2) is 24.3 Å². The van der Waals surface area contributed by atoms with E-state index in [9.17, 15) is 14.4 Å². The van der Waals surface area contributed by atoms with Crippen LogP contribution in [-0.4, -0.2) is 56.0 Å². The van der Waals surface area contributed by atoms with Gasteiger partial charge in [0.2, 0.25) is 11.8 Å². The lowest BCUT2D eigenvalue weighted by Crippen LogP contribution is -2.39. The number of para-hydroxylation sites is 1. The van der Waals surface area contributed by atoms with Crippen LogP contribution in [0.1, 0.15) is 23.2 Å². The summed E-state index contributed by atoms with van der Waals surface area (Å²) in [6.45, 7) is 0.205. The SMILES string of the molecule is COC(=O)c1ccccc1NC(=O)CN(C)CC(=O)NC1CC1. The molecule has 0 atom stereocenters. The van der Waals surface area contributed by atoms with Gasteiger partial charge in [0.05, 0.1) is 31.5 Å². The highest BCUT2D eigenvalue weighted by Crippen LogP contribution is 2.18. The second kappa shape index (κ2) is 7.73. The number of hydrogen-bond acceptors (Lipinski definition) is 5. The lowest BCUT2D eigenvalue weighted by Gasteiger charge is -2.16. The Morgan fingerprint density at radius 1 is 1.17 bits per heavy atom. The Hall–Kier alpha value is -2.41. The van der Waals surface area contributed by atoms with Gasteiger partial charge in [-0.2, -0.15) is 0 Å². The number of ether oxygens (including phenoxy) is 1. The molecule has 0 saturated heterocycles. The van der Waals surface area contributed by atoms with Crippen molar-refractivity contribution in [3.63, 3.8) is 0 Å². The van der Waals surface area contributed by atoms with Gasteiger partial charge >= 0.3 is 5.97 Å². The third-order valence-electron chi connectivity index (χ3n) is 3.38. The fourth-order valence-electron chi connectivity index (χ4n) is 2.12. The minimum atomic E-state index is -0.516. The molecule has 124 valence electrons. The van der Waals surface area contributed by atoms with Crippen molar-refractivity contribution in [2.45, 2.75) is 18.9 Å². The second-order valence-corrected chi connectivity index (χ2v) is 5.60. The van der Waals surface area contributed by atoms with Gasteiger partial charge in [0, 0.05) is 6.04 Å². The minimum Gasteiger partial charge on any atom is -0.465 e. The molecule has 2 N–H and O–H groups in total. The van der Waals surface area contributed by atoms with E-state index < -0.39 is 5.97 Å². The second-order valence-electron chi connectivity index (χ2n) is 5.60. The standard InChI is InChI=1S/C16H21N3O4/c1-19(9-14(20)17-11-7-8-11)10-15(21)18-13-6-4-3-5-12(13)16(22)23-2/h3-6,11H,7-10H2,1-2H3,(H,17,20)(H,18,21). The number of rotatable bonds is 7. The number of likely N-dealkylation sites (N-methyl/N-ethyl adjacent to an activating group) is 1. The van der Waals surface area contributed by atoms with Crippen molar-refractivity contribution >= 4 is 23.5 Å². The average Bonchev–Trinajstić information content (AvgIpc) is 3.30. The van der Waals surface area contributed by atoms with Crippen LogP contribution in [0.5, 0.6) is 0 Å². The third kappa shape index (κ3) is 5.37. The monoisotopic (exact) mass is 319 g/mol. The highest BCUT2D eigenvalue weighted by molar-refractivity contribution is 6.01. The lowest BCUT2D eigenvalue weighted by atomic mass is 10.2. The Balaban J connectivity index is 1.86. The molecule has 1 fully saturated rings. The van der Waals surface area contributed by atoms with E-state index in [1.54, 1.807) is 36.2 Å². The van der Waals surface area contributed by atoms with Gasteiger partial charge in [-0.05, 0) is 32.0 Å². The number of benzene rings is 1. The zero-order valence-corrected chi connectivity index (χ0v) is 13.3. The number of amides is 2. The predicted molar refractivity (Wildman–Crippen MR) is 85.1 cm³/mol. The molecule has 1 aliphatic rings. The van der Waals surface area contributed by atoms with E-state index in [-0.39, 0.29) is 30.5 Å². The summed E-state index contributed by atoms with van der Waals surface area (Å²) in [5, 5.41) is 5.54. The summed E-state index contributed by atoms with van der Waals surface area (Å²) >= 11 is 0. The molecule has 0 bridgehead atoms. The molecule has 23 heavy (non-hydrogen) atoms. The van der Waals surface area contributed by atoms with E-state index in [2.05, 4.69) is 15.4 Å². The topological polar surface area (TPSA) is 87.7 Å². The van der Waals surface area contributed by atoms with Gasteiger partial charge in [-0.1, -0.05) is 12.1 Å². The van der Waals surface area contributed by atoms with Gasteiger partial charge in [-0.15, -0.1) is 0 Å². The summed E-state index contributed by atoms with van der Waals surface area (Å²) in [5.74, 6) is -0.904. The Labute approximate surface area is 135 Å². The van der Waals surface area contributed by atoms with Crippen molar-refractivity contribution in [3.8, 4) is 0 Å². The molecular formula is C16H21N3O4. The summed E-state index contributed by atoms with van der Waals surface area (Å²) in [4.78, 5) is 37.0. The Kier molecular flexibility index (Phi) is 5.70. The molecule has 0 radical (unpaired) electrons. The van der Waals surface area contributed by atoms with Gasteiger partial charge in [0.1, 0.15) is 0 Å². The first kappa shape index (κ1) is 17.0. The first-order valence-corrected chi connectivity index (χ1v) is 7.44. The Morgan fingerprint density at radius 3 is 2.48 bits per heavy atom. The minimum absolute atomic E-state index is 0.0492. The highest BCUT2D eigenvalue weighted by Gasteiger charge is 2.23. The zero-order chi connectivity index (χ0) is 16.8. The van der Waals surface area contributed by atoms with Crippen LogP contribution in [0.25, 0.3) is 0 Å². The average molecular weight is 319 g/mol. The molecule has 7 nitrogen and oxygen atoms in total. The van der Waals surface area contributed by atoms with Crippen LogP contribution in [0, 0.1) is 0 Å². The van der Waals surface area contributed by atoms with Gasteiger partial charge in [-0.25, -0.2) is 4.79 Å². The van der Waals surface area contributed by atoms with Crippen LogP contribution in [-0.2, 0) is 14.3 Å². The molecule has 0 aromatic heterocycles. The molecule has 1 aliphatic carbocycles. The summed E-state index contributed by atoms with van der Waals surface area (Å²) in [5.41, 5.74) is 0.678. The van der Waals surface area contributed by atoms with E-state index >= 15 is 0 Å². The Morgan fingerprint density at radius 2 is 1.83 bits per heavy atom. The predicted octanol–water partition coefficient (Wildman–Crippen LogP) is 0.622. The van der Waals surface area contributed by atoms with Gasteiger partial charge in [0.15, 0.2) is 0 Å². The van der Waals surface area contributed by atoms with Gasteiger partial charge in [0.25, 0.3) is 0 Å². The zero-order valence-electron chi connectivity index (χ0n) is 13.3. The van der Waals surface area contributed by atoms with Crippen molar-refractivity contribution in [1.29, 1.82) is 0 Å². The molecule has 0 unspecified atom stereocenters. The third-order valence-corrected chi connectivity index (χ3v) is 3.38. The first-order valence-electron chi connectivity index (χ1n) is 7.44. The summed E-state index contributed by atoms with van der Waals surface area (Å²) in [6.07, 6.45) is 2.06. The summed E-state index contributed by atoms with van der Waals surface area (Å²) < 4.78 is 4.68. The van der Waals surface area contributed by atoms with E-state index in [0.717, 1.165) is 12.8 Å². The maximum atomic E-state index is 12.1. The van der Waals surface area contributed by atoms with Crippen molar-refractivity contribution in [1.82, 2.24) is 10.2 Å². The number of carbonyl (C=O) groups excluding carboxylic acids is 3. The fraction of sp³-hybridized carbons (Fsp3) is 0.438. The number of hydrogen-bond donors (Lipinski definition) is 2. The fourth-order valence-corrected chi connectivity index (χ4v) is 2.12. The maximum absolute atomic E-state index is 12.1. The highest BCUT2D eigenvalue weighted by atomic mass is 16.5. The molecule has 1 aromatic rings.